The number of rotatable bonds is 5. The Morgan fingerprint density at radius 1 is 1.26 bits per heavy atom. The van der Waals surface area contributed by atoms with Crippen LogP contribution in [0.5, 0.6) is 5.75 Å². The molecule has 1 amide bonds. The van der Waals surface area contributed by atoms with Crippen LogP contribution in [0.1, 0.15) is 10.4 Å². The summed E-state index contributed by atoms with van der Waals surface area (Å²) < 4.78 is 44.4. The smallest absolute Gasteiger partial charge is 0.420 e. The van der Waals surface area contributed by atoms with Crippen molar-refractivity contribution < 1.29 is 22.7 Å². The van der Waals surface area contributed by atoms with Gasteiger partial charge in [0, 0.05) is 35.9 Å². The zero-order valence-electron chi connectivity index (χ0n) is 13.3. The maximum atomic E-state index is 13.1. The van der Waals surface area contributed by atoms with Crippen LogP contribution in [-0.2, 0) is 0 Å². The SMILES string of the molecule is O=C(Nc1ccc(OC(F)(F)Cl)cc1)c1cnc(-n2ccc(F)c2)c(Br)c1. The second-order valence-corrected chi connectivity index (χ2v) is 6.59. The third-order valence-corrected chi connectivity index (χ3v) is 3.99. The first kappa shape index (κ1) is 19.2. The maximum absolute atomic E-state index is 13.1. The number of ether oxygens (including phenoxy) is 1. The number of anilines is 1. The molecule has 0 aliphatic rings. The number of carbonyl (C=O) groups is 1. The van der Waals surface area contributed by atoms with Crippen molar-refractivity contribution in [3.63, 3.8) is 0 Å². The lowest BCUT2D eigenvalue weighted by Crippen LogP contribution is -2.16. The summed E-state index contributed by atoms with van der Waals surface area (Å²) in [6.45, 7) is 0. The lowest BCUT2D eigenvalue weighted by atomic mass is 10.2. The molecule has 0 bridgehead atoms. The number of hydrogen-bond acceptors (Lipinski definition) is 3. The van der Waals surface area contributed by atoms with Crippen LogP contribution in [0.25, 0.3) is 5.82 Å². The molecule has 1 aromatic carbocycles. The summed E-state index contributed by atoms with van der Waals surface area (Å²) in [5.41, 5.74) is -3.21. The highest BCUT2D eigenvalue weighted by Gasteiger charge is 2.27. The van der Waals surface area contributed by atoms with E-state index in [4.69, 9.17) is 0 Å². The van der Waals surface area contributed by atoms with Gasteiger partial charge in [0.15, 0.2) is 5.82 Å². The van der Waals surface area contributed by atoms with Gasteiger partial charge in [-0.3, -0.25) is 4.79 Å². The van der Waals surface area contributed by atoms with E-state index in [2.05, 4.69) is 42.6 Å². The Bertz CT molecular complexity index is 974. The van der Waals surface area contributed by atoms with Gasteiger partial charge in [-0.1, -0.05) is 0 Å². The van der Waals surface area contributed by atoms with E-state index in [-0.39, 0.29) is 11.3 Å². The van der Waals surface area contributed by atoms with Crippen molar-refractivity contribution >= 4 is 39.1 Å². The highest BCUT2D eigenvalue weighted by Crippen LogP contribution is 2.26. The van der Waals surface area contributed by atoms with Crippen molar-refractivity contribution in [2.75, 3.05) is 5.32 Å². The number of benzene rings is 1. The van der Waals surface area contributed by atoms with Gasteiger partial charge in [0.25, 0.3) is 5.91 Å². The predicted octanol–water partition coefficient (Wildman–Crippen LogP) is 5.19. The first-order chi connectivity index (χ1) is 12.7. The summed E-state index contributed by atoms with van der Waals surface area (Å²) in [6.07, 6.45) is 4.08. The van der Waals surface area contributed by atoms with Crippen molar-refractivity contribution in [3.05, 3.63) is 70.8 Å². The van der Waals surface area contributed by atoms with Crippen molar-refractivity contribution in [1.29, 1.82) is 0 Å². The van der Waals surface area contributed by atoms with Crippen LogP contribution in [0.2, 0.25) is 0 Å². The van der Waals surface area contributed by atoms with Crippen LogP contribution in [0.4, 0.5) is 18.9 Å². The maximum Gasteiger partial charge on any atom is 0.487 e. The van der Waals surface area contributed by atoms with Crippen LogP contribution < -0.4 is 10.1 Å². The van der Waals surface area contributed by atoms with Crippen LogP contribution in [0.15, 0.2) is 59.5 Å². The second-order valence-electron chi connectivity index (χ2n) is 5.29. The number of pyridine rings is 1. The van der Waals surface area contributed by atoms with E-state index < -0.39 is 17.3 Å². The Balaban J connectivity index is 1.72. The minimum atomic E-state index is -3.81. The van der Waals surface area contributed by atoms with Gasteiger partial charge in [-0.05, 0) is 52.3 Å². The summed E-state index contributed by atoms with van der Waals surface area (Å²) >= 11 is 7.98. The summed E-state index contributed by atoms with van der Waals surface area (Å²) in [5, 5.41) is 2.60. The number of nitrogens with zero attached hydrogens (tertiary/aromatic N) is 2. The molecule has 0 fully saturated rings. The second kappa shape index (κ2) is 7.61. The molecule has 10 heteroatoms. The molecule has 1 N–H and O–H groups in total. The van der Waals surface area contributed by atoms with Crippen molar-refractivity contribution in [1.82, 2.24) is 9.55 Å². The summed E-state index contributed by atoms with van der Waals surface area (Å²) in [7, 11) is 0. The fraction of sp³-hybridized carbons (Fsp3) is 0.0588. The van der Waals surface area contributed by atoms with Gasteiger partial charge in [0.1, 0.15) is 11.6 Å². The lowest BCUT2D eigenvalue weighted by molar-refractivity contribution is -0.0964. The van der Waals surface area contributed by atoms with Gasteiger partial charge < -0.3 is 14.6 Å². The molecule has 0 radical (unpaired) electrons. The molecule has 3 aromatic rings. The number of carbonyl (C=O) groups excluding carboxylic acids is 1. The topological polar surface area (TPSA) is 56.1 Å². The average Bonchev–Trinajstić information content (AvgIpc) is 3.01. The van der Waals surface area contributed by atoms with Crippen molar-refractivity contribution in [3.8, 4) is 11.6 Å². The molecule has 0 spiro atoms. The molecule has 0 unspecified atom stereocenters. The Labute approximate surface area is 164 Å². The van der Waals surface area contributed by atoms with Crippen LogP contribution in [0, 0.1) is 5.82 Å². The van der Waals surface area contributed by atoms with E-state index in [1.165, 1.54) is 59.6 Å². The molecule has 0 aliphatic carbocycles. The number of nitrogens with one attached hydrogen (secondary N) is 1. The molecule has 0 saturated heterocycles. The van der Waals surface area contributed by atoms with Gasteiger partial charge in [-0.25, -0.2) is 9.37 Å². The monoisotopic (exact) mass is 459 g/mol. The normalized spacial score (nSPS) is 11.3. The van der Waals surface area contributed by atoms with Crippen LogP contribution >= 0.6 is 27.5 Å². The molecule has 0 aliphatic heterocycles. The largest absolute Gasteiger partial charge is 0.487 e. The van der Waals surface area contributed by atoms with Crippen molar-refractivity contribution in [2.24, 2.45) is 0 Å². The Kier molecular flexibility index (Phi) is 5.43. The Morgan fingerprint density at radius 2 is 1.96 bits per heavy atom. The molecule has 3 rings (SSSR count). The minimum absolute atomic E-state index is 0.152. The quantitative estimate of drug-likeness (QED) is 0.533. The minimum Gasteiger partial charge on any atom is -0.420 e. The molecule has 2 aromatic heterocycles. The van der Waals surface area contributed by atoms with E-state index in [1.807, 2.05) is 0 Å². The van der Waals surface area contributed by atoms with E-state index >= 15 is 0 Å². The van der Waals surface area contributed by atoms with Gasteiger partial charge in [-0.2, -0.15) is 0 Å². The summed E-state index contributed by atoms with van der Waals surface area (Å²) in [6, 6.07) is 8.06. The summed E-state index contributed by atoms with van der Waals surface area (Å²) in [5.74, 6) is -0.616. The zero-order valence-corrected chi connectivity index (χ0v) is 15.6. The fourth-order valence-corrected chi connectivity index (χ4v) is 2.83. The predicted molar refractivity (Wildman–Crippen MR) is 97.0 cm³/mol. The molecule has 5 nitrogen and oxygen atoms in total. The molecular formula is C17H10BrClF3N3O2. The lowest BCUT2D eigenvalue weighted by Gasteiger charge is -2.11. The highest BCUT2D eigenvalue weighted by atomic mass is 79.9. The van der Waals surface area contributed by atoms with Crippen LogP contribution in [0.3, 0.4) is 0 Å². The van der Waals surface area contributed by atoms with Gasteiger partial charge >= 0.3 is 5.57 Å². The standard InChI is InChI=1S/C17H10BrClF3N3O2/c18-14-7-10(8-23-15(14)25-6-5-11(20)9-25)16(26)24-12-1-3-13(4-2-12)27-17(19,21)22/h1-9H,(H,24,26). The van der Waals surface area contributed by atoms with Crippen LogP contribution in [-0.4, -0.2) is 21.0 Å². The number of halogens is 5. The van der Waals surface area contributed by atoms with E-state index in [0.29, 0.717) is 16.0 Å². The fourth-order valence-electron chi connectivity index (χ4n) is 2.19. The zero-order chi connectivity index (χ0) is 19.6. The average molecular weight is 461 g/mol. The number of alkyl halides is 3. The first-order valence-corrected chi connectivity index (χ1v) is 8.55. The Hall–Kier alpha value is -2.52. The summed E-state index contributed by atoms with van der Waals surface area (Å²) in [4.78, 5) is 16.5. The van der Waals surface area contributed by atoms with Gasteiger partial charge in [0.2, 0.25) is 0 Å². The van der Waals surface area contributed by atoms with E-state index in [1.54, 1.807) is 0 Å². The Morgan fingerprint density at radius 3 is 2.52 bits per heavy atom. The van der Waals surface area contributed by atoms with E-state index in [0.717, 1.165) is 0 Å². The molecule has 27 heavy (non-hydrogen) atoms. The number of amides is 1. The molecular weight excluding hydrogens is 451 g/mol. The van der Waals surface area contributed by atoms with Gasteiger partial charge in [0.05, 0.1) is 10.0 Å². The third-order valence-electron chi connectivity index (χ3n) is 3.33. The van der Waals surface area contributed by atoms with Crippen molar-refractivity contribution in [2.45, 2.75) is 5.57 Å². The molecule has 2 heterocycles. The highest BCUT2D eigenvalue weighted by molar-refractivity contribution is 9.10. The van der Waals surface area contributed by atoms with E-state index in [9.17, 15) is 18.0 Å². The number of aromatic nitrogens is 2. The number of hydrogen-bond donors (Lipinski definition) is 1. The molecule has 0 atom stereocenters. The molecule has 0 saturated carbocycles. The third kappa shape index (κ3) is 5.01. The molecule has 140 valence electrons. The van der Waals surface area contributed by atoms with Gasteiger partial charge in [-0.15, -0.1) is 8.78 Å². The first-order valence-electron chi connectivity index (χ1n) is 7.38.